The van der Waals surface area contributed by atoms with Gasteiger partial charge in [0.1, 0.15) is 0 Å². The summed E-state index contributed by atoms with van der Waals surface area (Å²) in [6.07, 6.45) is 0. The molecule has 0 atom stereocenters. The summed E-state index contributed by atoms with van der Waals surface area (Å²) < 4.78 is 4.51. The van der Waals surface area contributed by atoms with Gasteiger partial charge >= 0.3 is 0 Å². The fourth-order valence-electron chi connectivity index (χ4n) is 0.491. The Morgan fingerprint density at radius 1 is 1.90 bits per heavy atom. The number of amides is 1. The number of alkyl halides is 1. The van der Waals surface area contributed by atoms with E-state index in [9.17, 15) is 4.79 Å². The molecule has 1 rings (SSSR count). The van der Waals surface area contributed by atoms with Crippen LogP contribution in [-0.4, -0.2) is 11.1 Å². The summed E-state index contributed by atoms with van der Waals surface area (Å²) in [6, 6.07) is 1.41. The largest absolute Gasteiger partial charge is 0.363 e. The number of primary amides is 1. The van der Waals surface area contributed by atoms with Gasteiger partial charge in [-0.05, 0) is 0 Å². The lowest BCUT2D eigenvalue weighted by Crippen LogP contribution is -2.09. The molecule has 0 aliphatic carbocycles. The van der Waals surface area contributed by atoms with Crippen LogP contribution < -0.4 is 5.73 Å². The van der Waals surface area contributed by atoms with E-state index in [1.54, 1.807) is 0 Å². The quantitative estimate of drug-likeness (QED) is 0.641. The second kappa shape index (κ2) is 2.70. The number of aromatic nitrogens is 1. The van der Waals surface area contributed by atoms with E-state index in [1.807, 2.05) is 0 Å². The fourth-order valence-corrected chi connectivity index (χ4v) is 0.617. The van der Waals surface area contributed by atoms with E-state index >= 15 is 0 Å². The summed E-state index contributed by atoms with van der Waals surface area (Å²) >= 11 is 5.37. The first kappa shape index (κ1) is 7.08. The van der Waals surface area contributed by atoms with Crippen molar-refractivity contribution < 1.29 is 9.32 Å². The lowest BCUT2D eigenvalue weighted by molar-refractivity contribution is 0.0965. The normalized spacial score (nSPS) is 9.70. The summed E-state index contributed by atoms with van der Waals surface area (Å²) in [6.45, 7) is 0. The minimum Gasteiger partial charge on any atom is -0.363 e. The molecule has 5 heteroatoms. The molecule has 1 aromatic heterocycles. The molecule has 2 N–H and O–H groups in total. The Labute approximate surface area is 61.9 Å². The first-order chi connectivity index (χ1) is 4.74. The molecule has 0 radical (unpaired) electrons. The zero-order valence-electron chi connectivity index (χ0n) is 5.00. The summed E-state index contributed by atoms with van der Waals surface area (Å²) in [7, 11) is 0. The van der Waals surface area contributed by atoms with Gasteiger partial charge in [0.05, 0.1) is 11.6 Å². The lowest BCUT2D eigenvalue weighted by atomic mass is 10.4. The zero-order chi connectivity index (χ0) is 7.56. The maximum Gasteiger partial charge on any atom is 0.287 e. The Morgan fingerprint density at radius 2 is 2.60 bits per heavy atom. The van der Waals surface area contributed by atoms with E-state index in [1.165, 1.54) is 6.07 Å². The molecule has 1 heterocycles. The molecular formula is C5H5ClN2O2. The highest BCUT2D eigenvalue weighted by Crippen LogP contribution is 2.04. The van der Waals surface area contributed by atoms with Crippen LogP contribution in [0.1, 0.15) is 16.2 Å². The topological polar surface area (TPSA) is 69.1 Å². The van der Waals surface area contributed by atoms with Gasteiger partial charge in [-0.15, -0.1) is 11.6 Å². The van der Waals surface area contributed by atoms with Crippen molar-refractivity contribution >= 4 is 17.5 Å². The van der Waals surface area contributed by atoms with Crippen molar-refractivity contribution in [2.45, 2.75) is 5.88 Å². The Kier molecular flexibility index (Phi) is 1.91. The van der Waals surface area contributed by atoms with E-state index in [-0.39, 0.29) is 11.6 Å². The molecule has 4 nitrogen and oxygen atoms in total. The molecular weight excluding hydrogens is 156 g/mol. The minimum atomic E-state index is -0.635. The highest BCUT2D eigenvalue weighted by molar-refractivity contribution is 6.16. The molecule has 0 aliphatic heterocycles. The monoisotopic (exact) mass is 160 g/mol. The van der Waals surface area contributed by atoms with Gasteiger partial charge in [0.15, 0.2) is 0 Å². The van der Waals surface area contributed by atoms with Gasteiger partial charge in [0, 0.05) is 6.07 Å². The van der Waals surface area contributed by atoms with E-state index in [0.29, 0.717) is 5.69 Å². The molecule has 0 fully saturated rings. The van der Waals surface area contributed by atoms with Gasteiger partial charge in [0.2, 0.25) is 5.76 Å². The van der Waals surface area contributed by atoms with Crippen molar-refractivity contribution in [3.63, 3.8) is 0 Å². The van der Waals surface area contributed by atoms with Crippen LogP contribution in [0.15, 0.2) is 10.6 Å². The number of nitrogens with zero attached hydrogens (tertiary/aromatic N) is 1. The summed E-state index contributed by atoms with van der Waals surface area (Å²) in [4.78, 5) is 10.4. The van der Waals surface area contributed by atoms with Crippen molar-refractivity contribution in [3.05, 3.63) is 17.5 Å². The third-order valence-electron chi connectivity index (χ3n) is 0.939. The van der Waals surface area contributed by atoms with Crippen molar-refractivity contribution in [3.8, 4) is 0 Å². The van der Waals surface area contributed by atoms with Crippen LogP contribution in [-0.2, 0) is 5.88 Å². The number of carbonyl (C=O) groups excluding carboxylic acids is 1. The molecule has 0 aromatic carbocycles. The number of halogens is 1. The second-order valence-electron chi connectivity index (χ2n) is 1.68. The summed E-state index contributed by atoms with van der Waals surface area (Å²) in [5.41, 5.74) is 5.38. The third-order valence-corrected chi connectivity index (χ3v) is 1.21. The Hall–Kier alpha value is -1.03. The van der Waals surface area contributed by atoms with Gasteiger partial charge in [-0.2, -0.15) is 0 Å². The van der Waals surface area contributed by atoms with E-state index in [0.717, 1.165) is 0 Å². The van der Waals surface area contributed by atoms with Crippen molar-refractivity contribution in [2.24, 2.45) is 5.73 Å². The van der Waals surface area contributed by atoms with E-state index < -0.39 is 5.91 Å². The van der Waals surface area contributed by atoms with Crippen LogP contribution in [0, 0.1) is 0 Å². The average Bonchev–Trinajstić information content (AvgIpc) is 2.34. The minimum absolute atomic E-state index is 0.0376. The molecule has 0 saturated heterocycles. The fraction of sp³-hybridized carbons (Fsp3) is 0.200. The first-order valence-electron chi connectivity index (χ1n) is 2.55. The Bertz CT molecular complexity index is 246. The highest BCUT2D eigenvalue weighted by Gasteiger charge is 2.07. The predicted molar refractivity (Wildman–Crippen MR) is 34.6 cm³/mol. The number of hydrogen-bond donors (Lipinski definition) is 1. The van der Waals surface area contributed by atoms with Gasteiger partial charge in [0.25, 0.3) is 5.91 Å². The van der Waals surface area contributed by atoms with Crippen LogP contribution in [0.25, 0.3) is 0 Å². The molecule has 0 unspecified atom stereocenters. The van der Waals surface area contributed by atoms with Crippen LogP contribution >= 0.6 is 11.6 Å². The van der Waals surface area contributed by atoms with Crippen molar-refractivity contribution in [1.82, 2.24) is 5.16 Å². The molecule has 0 spiro atoms. The van der Waals surface area contributed by atoms with Crippen LogP contribution in [0.2, 0.25) is 0 Å². The maximum absolute atomic E-state index is 10.4. The molecule has 0 saturated carbocycles. The zero-order valence-corrected chi connectivity index (χ0v) is 5.76. The van der Waals surface area contributed by atoms with Crippen LogP contribution in [0.4, 0.5) is 0 Å². The lowest BCUT2D eigenvalue weighted by Gasteiger charge is -1.78. The van der Waals surface area contributed by atoms with Crippen molar-refractivity contribution in [1.29, 1.82) is 0 Å². The number of rotatable bonds is 2. The third kappa shape index (κ3) is 1.27. The smallest absolute Gasteiger partial charge is 0.287 e. The standard InChI is InChI=1S/C5H5ClN2O2/c6-2-3-1-4(5(7)9)10-8-3/h1H,2H2,(H2,7,9). The van der Waals surface area contributed by atoms with E-state index in [2.05, 4.69) is 9.68 Å². The SMILES string of the molecule is NC(=O)c1cc(CCl)no1. The number of hydrogen-bond acceptors (Lipinski definition) is 3. The molecule has 54 valence electrons. The second-order valence-corrected chi connectivity index (χ2v) is 1.95. The predicted octanol–water partition coefficient (Wildman–Crippen LogP) is 0.512. The molecule has 0 bridgehead atoms. The number of nitrogens with two attached hydrogens (primary N) is 1. The van der Waals surface area contributed by atoms with E-state index in [4.69, 9.17) is 17.3 Å². The van der Waals surface area contributed by atoms with Crippen LogP contribution in [0.3, 0.4) is 0 Å². The highest BCUT2D eigenvalue weighted by atomic mass is 35.5. The Morgan fingerprint density at radius 3 is 2.90 bits per heavy atom. The van der Waals surface area contributed by atoms with Crippen LogP contribution in [0.5, 0.6) is 0 Å². The van der Waals surface area contributed by atoms with Gasteiger partial charge < -0.3 is 10.3 Å². The molecule has 10 heavy (non-hydrogen) atoms. The van der Waals surface area contributed by atoms with Crippen molar-refractivity contribution in [2.75, 3.05) is 0 Å². The maximum atomic E-state index is 10.4. The van der Waals surface area contributed by atoms with Gasteiger partial charge in [-0.1, -0.05) is 5.16 Å². The number of carbonyl (C=O) groups is 1. The molecule has 1 amide bonds. The molecule has 1 aromatic rings. The molecule has 0 aliphatic rings. The van der Waals surface area contributed by atoms with Gasteiger partial charge in [-0.25, -0.2) is 0 Å². The summed E-state index contributed by atoms with van der Waals surface area (Å²) in [5, 5.41) is 3.45. The summed E-state index contributed by atoms with van der Waals surface area (Å²) in [5.74, 6) is -0.379. The average molecular weight is 161 g/mol. The van der Waals surface area contributed by atoms with Gasteiger partial charge in [-0.3, -0.25) is 4.79 Å². The first-order valence-corrected chi connectivity index (χ1v) is 3.09. The Balaban J connectivity index is 2.88.